The van der Waals surface area contributed by atoms with Gasteiger partial charge in [0.05, 0.1) is 13.3 Å². The number of anilines is 1. The van der Waals surface area contributed by atoms with Crippen LogP contribution in [0.1, 0.15) is 6.42 Å². The number of nitrogens with zero attached hydrogens (tertiary/aromatic N) is 2. The number of carbonyl (C=O) groups is 1. The van der Waals surface area contributed by atoms with Crippen molar-refractivity contribution in [3.05, 3.63) is 23.9 Å². The third kappa shape index (κ3) is 1.70. The van der Waals surface area contributed by atoms with E-state index in [1.165, 1.54) is 12.0 Å². The summed E-state index contributed by atoms with van der Waals surface area (Å²) in [5.74, 6) is -1.95. The summed E-state index contributed by atoms with van der Waals surface area (Å²) in [7, 11) is 1.27. The molecule has 0 aliphatic carbocycles. The number of pyridine rings is 1. The van der Waals surface area contributed by atoms with Crippen LogP contribution in [0.2, 0.25) is 0 Å². The van der Waals surface area contributed by atoms with Gasteiger partial charge < -0.3 is 9.64 Å². The van der Waals surface area contributed by atoms with Gasteiger partial charge in [-0.05, 0) is 6.42 Å². The zero-order valence-electron chi connectivity index (χ0n) is 8.61. The Labute approximate surface area is 90.8 Å². The van der Waals surface area contributed by atoms with E-state index in [9.17, 15) is 13.6 Å². The molecule has 0 amide bonds. The lowest BCUT2D eigenvalue weighted by molar-refractivity contribution is -0.143. The molecule has 16 heavy (non-hydrogen) atoms. The van der Waals surface area contributed by atoms with Crippen molar-refractivity contribution in [2.45, 2.75) is 12.5 Å². The molecule has 6 heteroatoms. The topological polar surface area (TPSA) is 42.4 Å². The van der Waals surface area contributed by atoms with Crippen LogP contribution in [0.25, 0.3) is 0 Å². The zero-order valence-corrected chi connectivity index (χ0v) is 8.61. The summed E-state index contributed by atoms with van der Waals surface area (Å²) in [4.78, 5) is 16.4. The fourth-order valence-corrected chi connectivity index (χ4v) is 1.64. The minimum Gasteiger partial charge on any atom is -0.467 e. The summed E-state index contributed by atoms with van der Waals surface area (Å²) in [6.45, 7) is 0.509. The molecular weight excluding hydrogens is 218 g/mol. The summed E-state index contributed by atoms with van der Waals surface area (Å²) in [5, 5.41) is 0. The highest BCUT2D eigenvalue weighted by molar-refractivity contribution is 5.81. The standard InChI is InChI=1S/C10H10F2N2O2/c1-16-10(15)8-2-3-14(8)9-7(12)4-6(11)5-13-9/h4-5,8H,2-3H2,1H3/t8-/m0/s1. The van der Waals surface area contributed by atoms with E-state index in [-0.39, 0.29) is 5.82 Å². The molecule has 1 aliphatic heterocycles. The highest BCUT2D eigenvalue weighted by atomic mass is 19.1. The number of ether oxygens (including phenoxy) is 1. The molecule has 0 unspecified atom stereocenters. The van der Waals surface area contributed by atoms with E-state index in [2.05, 4.69) is 9.72 Å². The van der Waals surface area contributed by atoms with Gasteiger partial charge in [-0.2, -0.15) is 0 Å². The maximum absolute atomic E-state index is 13.4. The van der Waals surface area contributed by atoms with E-state index in [0.29, 0.717) is 13.0 Å². The van der Waals surface area contributed by atoms with E-state index < -0.39 is 23.6 Å². The number of carbonyl (C=O) groups excluding carboxylic acids is 1. The van der Waals surface area contributed by atoms with Crippen molar-refractivity contribution in [3.63, 3.8) is 0 Å². The van der Waals surface area contributed by atoms with E-state index in [1.807, 2.05) is 0 Å². The molecule has 1 aliphatic rings. The Hall–Kier alpha value is -1.72. The maximum Gasteiger partial charge on any atom is 0.328 e. The molecule has 4 nitrogen and oxygen atoms in total. The van der Waals surface area contributed by atoms with Gasteiger partial charge in [0, 0.05) is 12.6 Å². The highest BCUT2D eigenvalue weighted by Gasteiger charge is 2.37. The Balaban J connectivity index is 2.22. The molecule has 0 bridgehead atoms. The number of hydrogen-bond donors (Lipinski definition) is 0. The van der Waals surface area contributed by atoms with E-state index in [4.69, 9.17) is 0 Å². The largest absolute Gasteiger partial charge is 0.467 e. The minimum atomic E-state index is -0.770. The predicted octanol–water partition coefficient (Wildman–Crippen LogP) is 1.11. The molecule has 0 saturated carbocycles. The molecule has 0 spiro atoms. The van der Waals surface area contributed by atoms with Gasteiger partial charge in [-0.15, -0.1) is 0 Å². The van der Waals surface area contributed by atoms with Crippen molar-refractivity contribution in [1.82, 2.24) is 4.98 Å². The number of methoxy groups -OCH3 is 1. The first-order valence-electron chi connectivity index (χ1n) is 4.79. The smallest absolute Gasteiger partial charge is 0.328 e. The molecule has 0 radical (unpaired) electrons. The second-order valence-electron chi connectivity index (χ2n) is 3.48. The van der Waals surface area contributed by atoms with Gasteiger partial charge in [0.1, 0.15) is 11.9 Å². The first kappa shape index (κ1) is 10.8. The fraction of sp³-hybridized carbons (Fsp3) is 0.400. The Morgan fingerprint density at radius 1 is 1.62 bits per heavy atom. The first-order chi connectivity index (χ1) is 7.63. The Kier molecular flexibility index (Phi) is 2.72. The van der Waals surface area contributed by atoms with Gasteiger partial charge in [-0.1, -0.05) is 0 Å². The van der Waals surface area contributed by atoms with Crippen LogP contribution < -0.4 is 4.90 Å². The molecule has 1 aromatic heterocycles. The number of esters is 1. The lowest BCUT2D eigenvalue weighted by atomic mass is 10.0. The normalized spacial score (nSPS) is 19.2. The van der Waals surface area contributed by atoms with Crippen molar-refractivity contribution < 1.29 is 18.3 Å². The van der Waals surface area contributed by atoms with Crippen LogP contribution in [-0.2, 0) is 9.53 Å². The Bertz CT molecular complexity index is 425. The van der Waals surface area contributed by atoms with Crippen LogP contribution in [0, 0.1) is 11.6 Å². The molecule has 1 fully saturated rings. The van der Waals surface area contributed by atoms with Crippen LogP contribution >= 0.6 is 0 Å². The summed E-state index contributed by atoms with van der Waals surface area (Å²) in [6, 6.07) is 0.229. The van der Waals surface area contributed by atoms with E-state index in [0.717, 1.165) is 12.3 Å². The second kappa shape index (κ2) is 4.03. The first-order valence-corrected chi connectivity index (χ1v) is 4.79. The van der Waals surface area contributed by atoms with Crippen molar-refractivity contribution >= 4 is 11.8 Å². The van der Waals surface area contributed by atoms with Crippen LogP contribution in [0.3, 0.4) is 0 Å². The number of rotatable bonds is 2. The van der Waals surface area contributed by atoms with Gasteiger partial charge >= 0.3 is 5.97 Å². The average Bonchev–Trinajstić information content (AvgIpc) is 2.20. The summed E-state index contributed by atoms with van der Waals surface area (Å²) < 4.78 is 30.6. The Morgan fingerprint density at radius 3 is 2.88 bits per heavy atom. The van der Waals surface area contributed by atoms with E-state index >= 15 is 0 Å². The van der Waals surface area contributed by atoms with Crippen LogP contribution in [0.15, 0.2) is 12.3 Å². The lowest BCUT2D eigenvalue weighted by Crippen LogP contribution is -2.53. The van der Waals surface area contributed by atoms with Gasteiger partial charge in [0.15, 0.2) is 11.6 Å². The highest BCUT2D eigenvalue weighted by Crippen LogP contribution is 2.27. The molecule has 0 N–H and O–H groups in total. The SMILES string of the molecule is COC(=O)[C@@H]1CCN1c1ncc(F)cc1F. The Morgan fingerprint density at radius 2 is 2.38 bits per heavy atom. The van der Waals surface area contributed by atoms with Crippen molar-refractivity contribution in [2.24, 2.45) is 0 Å². The summed E-state index contributed by atoms with van der Waals surface area (Å²) in [6.07, 6.45) is 1.51. The fourth-order valence-electron chi connectivity index (χ4n) is 1.64. The van der Waals surface area contributed by atoms with Gasteiger partial charge in [0.25, 0.3) is 0 Å². The molecule has 86 valence electrons. The third-order valence-electron chi connectivity index (χ3n) is 2.55. The number of aromatic nitrogens is 1. The number of halogens is 2. The zero-order chi connectivity index (χ0) is 11.7. The maximum atomic E-state index is 13.4. The van der Waals surface area contributed by atoms with Crippen molar-refractivity contribution in [3.8, 4) is 0 Å². The van der Waals surface area contributed by atoms with E-state index in [1.54, 1.807) is 0 Å². The van der Waals surface area contributed by atoms with Crippen LogP contribution in [0.4, 0.5) is 14.6 Å². The molecule has 2 rings (SSSR count). The second-order valence-corrected chi connectivity index (χ2v) is 3.48. The van der Waals surface area contributed by atoms with Crippen LogP contribution in [-0.4, -0.2) is 30.6 Å². The van der Waals surface area contributed by atoms with Crippen molar-refractivity contribution in [1.29, 1.82) is 0 Å². The summed E-state index contributed by atoms with van der Waals surface area (Å²) in [5.41, 5.74) is 0. The van der Waals surface area contributed by atoms with Crippen LogP contribution in [0.5, 0.6) is 0 Å². The third-order valence-corrected chi connectivity index (χ3v) is 2.55. The van der Waals surface area contributed by atoms with Gasteiger partial charge in [-0.25, -0.2) is 18.6 Å². The van der Waals surface area contributed by atoms with Gasteiger partial charge in [0.2, 0.25) is 0 Å². The quantitative estimate of drug-likeness (QED) is 0.711. The predicted molar refractivity (Wildman–Crippen MR) is 51.9 cm³/mol. The van der Waals surface area contributed by atoms with Crippen molar-refractivity contribution in [2.75, 3.05) is 18.6 Å². The average molecular weight is 228 g/mol. The minimum absolute atomic E-state index is 0.0111. The lowest BCUT2D eigenvalue weighted by Gasteiger charge is -2.39. The molecule has 1 saturated heterocycles. The van der Waals surface area contributed by atoms with Gasteiger partial charge in [-0.3, -0.25) is 0 Å². The molecule has 1 aromatic rings. The molecule has 1 atom stereocenters. The number of hydrogen-bond acceptors (Lipinski definition) is 4. The molecular formula is C10H10F2N2O2. The summed E-state index contributed by atoms with van der Waals surface area (Å²) >= 11 is 0. The molecule has 2 heterocycles. The monoisotopic (exact) mass is 228 g/mol. The molecule has 0 aromatic carbocycles.